The number of fused-ring (bicyclic) bond motifs is 1. The number of rotatable bonds is 2. The number of aliphatic carboxylic acids is 1. The normalized spacial score (nSPS) is 25.9. The predicted molar refractivity (Wildman–Crippen MR) is 68.5 cm³/mol. The van der Waals surface area contributed by atoms with Gasteiger partial charge in [0.25, 0.3) is 0 Å². The van der Waals surface area contributed by atoms with Crippen LogP contribution in [-0.4, -0.2) is 30.8 Å². The lowest BCUT2D eigenvalue weighted by molar-refractivity contribution is -0.141. The zero-order valence-electron chi connectivity index (χ0n) is 10.6. The Bertz CT molecular complexity index is 488. The lowest BCUT2D eigenvalue weighted by Gasteiger charge is -2.17. The third-order valence-corrected chi connectivity index (χ3v) is 3.66. The summed E-state index contributed by atoms with van der Waals surface area (Å²) >= 11 is 0. The van der Waals surface area contributed by atoms with Crippen molar-refractivity contribution < 1.29 is 19.4 Å². The number of carbonyl (C=O) groups is 1. The summed E-state index contributed by atoms with van der Waals surface area (Å²) < 4.78 is 11.4. The van der Waals surface area contributed by atoms with Crippen LogP contribution in [0.15, 0.2) is 18.2 Å². The van der Waals surface area contributed by atoms with E-state index in [1.54, 1.807) is 0 Å². The minimum Gasteiger partial charge on any atom is -0.490 e. The average molecular weight is 263 g/mol. The molecule has 0 aliphatic carbocycles. The summed E-state index contributed by atoms with van der Waals surface area (Å²) in [5, 5.41) is 12.3. The fraction of sp³-hybridized carbons (Fsp3) is 0.500. The largest absolute Gasteiger partial charge is 0.490 e. The first-order valence-electron chi connectivity index (χ1n) is 6.60. The van der Waals surface area contributed by atoms with Gasteiger partial charge in [-0.15, -0.1) is 0 Å². The van der Waals surface area contributed by atoms with Crippen molar-refractivity contribution in [1.82, 2.24) is 5.32 Å². The van der Waals surface area contributed by atoms with Gasteiger partial charge in [-0.2, -0.15) is 0 Å². The third kappa shape index (κ3) is 2.38. The van der Waals surface area contributed by atoms with Crippen molar-refractivity contribution in [2.24, 2.45) is 5.92 Å². The molecule has 0 amide bonds. The van der Waals surface area contributed by atoms with Crippen LogP contribution >= 0.6 is 0 Å². The second kappa shape index (κ2) is 5.09. The van der Waals surface area contributed by atoms with Gasteiger partial charge in [0.05, 0.1) is 19.1 Å². The molecular weight excluding hydrogens is 246 g/mol. The number of nitrogens with one attached hydrogen (secondary N) is 1. The van der Waals surface area contributed by atoms with E-state index in [0.717, 1.165) is 23.5 Å². The quantitative estimate of drug-likeness (QED) is 0.848. The highest BCUT2D eigenvalue weighted by molar-refractivity contribution is 5.71. The van der Waals surface area contributed by atoms with Crippen LogP contribution in [0.5, 0.6) is 11.5 Å². The molecule has 1 aromatic carbocycles. The molecule has 5 nitrogen and oxygen atoms in total. The fourth-order valence-electron chi connectivity index (χ4n) is 2.65. The molecule has 0 spiro atoms. The maximum absolute atomic E-state index is 11.0. The summed E-state index contributed by atoms with van der Waals surface area (Å²) in [4.78, 5) is 11.0. The molecule has 0 radical (unpaired) electrons. The Morgan fingerprint density at radius 2 is 2.16 bits per heavy atom. The van der Waals surface area contributed by atoms with Crippen LogP contribution in [0.4, 0.5) is 0 Å². The average Bonchev–Trinajstić information content (AvgIpc) is 2.77. The van der Waals surface area contributed by atoms with Crippen LogP contribution in [0.3, 0.4) is 0 Å². The Kier molecular flexibility index (Phi) is 3.29. The molecule has 0 bridgehead atoms. The molecule has 2 heterocycles. The summed E-state index contributed by atoms with van der Waals surface area (Å²) in [6.07, 6.45) is 1.46. The number of hydrogen-bond donors (Lipinski definition) is 2. The Morgan fingerprint density at radius 1 is 1.32 bits per heavy atom. The number of ether oxygens (including phenoxy) is 2. The van der Waals surface area contributed by atoms with E-state index in [1.165, 1.54) is 0 Å². The molecule has 3 rings (SSSR count). The van der Waals surface area contributed by atoms with E-state index in [9.17, 15) is 4.79 Å². The molecule has 2 aliphatic rings. The lowest BCUT2D eigenvalue weighted by atomic mass is 9.99. The lowest BCUT2D eigenvalue weighted by Crippen LogP contribution is -2.17. The third-order valence-electron chi connectivity index (χ3n) is 3.66. The van der Waals surface area contributed by atoms with Crippen LogP contribution in [0, 0.1) is 5.92 Å². The first-order valence-corrected chi connectivity index (χ1v) is 6.60. The molecule has 2 atom stereocenters. The molecular formula is C14H17NO4. The Balaban J connectivity index is 1.87. The maximum atomic E-state index is 11.0. The zero-order valence-corrected chi connectivity index (χ0v) is 10.6. The maximum Gasteiger partial charge on any atom is 0.307 e. The number of para-hydroxylation sites is 1. The van der Waals surface area contributed by atoms with Crippen LogP contribution in [-0.2, 0) is 4.79 Å². The van der Waals surface area contributed by atoms with Gasteiger partial charge in [-0.25, -0.2) is 0 Å². The van der Waals surface area contributed by atoms with Gasteiger partial charge in [0, 0.05) is 24.6 Å². The second-order valence-electron chi connectivity index (χ2n) is 4.96. The van der Waals surface area contributed by atoms with Crippen LogP contribution in [0.25, 0.3) is 0 Å². The van der Waals surface area contributed by atoms with Crippen molar-refractivity contribution in [2.75, 3.05) is 19.8 Å². The molecule has 1 saturated heterocycles. The van der Waals surface area contributed by atoms with Crippen molar-refractivity contribution in [3.05, 3.63) is 23.8 Å². The number of hydrogen-bond acceptors (Lipinski definition) is 4. The van der Waals surface area contributed by atoms with E-state index in [2.05, 4.69) is 5.32 Å². The van der Waals surface area contributed by atoms with Gasteiger partial charge < -0.3 is 19.9 Å². The van der Waals surface area contributed by atoms with Crippen molar-refractivity contribution in [2.45, 2.75) is 18.9 Å². The van der Waals surface area contributed by atoms with Gasteiger partial charge in [-0.3, -0.25) is 4.79 Å². The predicted octanol–water partition coefficient (Wildman–Crippen LogP) is 1.58. The van der Waals surface area contributed by atoms with E-state index < -0.39 is 5.97 Å². The summed E-state index contributed by atoms with van der Waals surface area (Å²) in [5.41, 5.74) is 1.00. The molecule has 2 N–H and O–H groups in total. The van der Waals surface area contributed by atoms with E-state index in [0.29, 0.717) is 26.2 Å². The smallest absolute Gasteiger partial charge is 0.307 e. The summed E-state index contributed by atoms with van der Waals surface area (Å²) in [6, 6.07) is 5.83. The highest BCUT2D eigenvalue weighted by atomic mass is 16.5. The first-order chi connectivity index (χ1) is 9.25. The molecule has 19 heavy (non-hydrogen) atoms. The molecule has 1 aromatic rings. The topological polar surface area (TPSA) is 67.8 Å². The number of carboxylic acid groups (broad SMARTS) is 1. The molecule has 2 aliphatic heterocycles. The van der Waals surface area contributed by atoms with Gasteiger partial charge in [0.1, 0.15) is 0 Å². The highest BCUT2D eigenvalue weighted by Crippen LogP contribution is 2.40. The zero-order chi connectivity index (χ0) is 13.2. The summed E-state index contributed by atoms with van der Waals surface area (Å²) in [5.74, 6) is 0.459. The fourth-order valence-corrected chi connectivity index (χ4v) is 2.65. The molecule has 0 saturated carbocycles. The first kappa shape index (κ1) is 12.3. The molecule has 5 heteroatoms. The Hall–Kier alpha value is -1.75. The summed E-state index contributed by atoms with van der Waals surface area (Å²) in [6.45, 7) is 1.80. The molecule has 2 unspecified atom stereocenters. The second-order valence-corrected chi connectivity index (χ2v) is 4.96. The van der Waals surface area contributed by atoms with Crippen molar-refractivity contribution in [3.8, 4) is 11.5 Å². The monoisotopic (exact) mass is 263 g/mol. The molecule has 0 aromatic heterocycles. The van der Waals surface area contributed by atoms with Crippen LogP contribution < -0.4 is 14.8 Å². The van der Waals surface area contributed by atoms with E-state index in [1.807, 2.05) is 18.2 Å². The van der Waals surface area contributed by atoms with Crippen molar-refractivity contribution in [1.29, 1.82) is 0 Å². The number of benzene rings is 1. The van der Waals surface area contributed by atoms with Gasteiger partial charge in [-0.05, 0) is 12.5 Å². The van der Waals surface area contributed by atoms with Gasteiger partial charge in [0.2, 0.25) is 0 Å². The van der Waals surface area contributed by atoms with E-state index in [4.69, 9.17) is 14.6 Å². The van der Waals surface area contributed by atoms with Crippen molar-refractivity contribution in [3.63, 3.8) is 0 Å². The number of carboxylic acids is 1. The Morgan fingerprint density at radius 3 is 2.95 bits per heavy atom. The van der Waals surface area contributed by atoms with Crippen LogP contribution in [0.1, 0.15) is 24.4 Å². The Labute approximate surface area is 111 Å². The minimum atomic E-state index is -0.741. The summed E-state index contributed by atoms with van der Waals surface area (Å²) in [7, 11) is 0. The van der Waals surface area contributed by atoms with Gasteiger partial charge in [-0.1, -0.05) is 12.1 Å². The standard InChI is InChI=1S/C14H17NO4/c16-14(17)9-7-11(15-8-9)10-3-1-4-12-13(10)19-6-2-5-18-12/h1,3-4,9,11,15H,2,5-8H2,(H,16,17). The molecule has 1 fully saturated rings. The molecule has 102 valence electrons. The van der Waals surface area contributed by atoms with E-state index in [-0.39, 0.29) is 12.0 Å². The van der Waals surface area contributed by atoms with Gasteiger partial charge >= 0.3 is 5.97 Å². The van der Waals surface area contributed by atoms with Crippen molar-refractivity contribution >= 4 is 5.97 Å². The minimum absolute atomic E-state index is 0.0257. The van der Waals surface area contributed by atoms with E-state index >= 15 is 0 Å². The highest BCUT2D eigenvalue weighted by Gasteiger charge is 2.32. The SMILES string of the molecule is O=C(O)C1CNC(c2cccc3c2OCCCO3)C1. The van der Waals surface area contributed by atoms with Gasteiger partial charge in [0.15, 0.2) is 11.5 Å². The van der Waals surface area contributed by atoms with Crippen LogP contribution in [0.2, 0.25) is 0 Å².